The van der Waals surface area contributed by atoms with E-state index in [0.717, 1.165) is 10.4 Å². The van der Waals surface area contributed by atoms with Crippen LogP contribution in [0.5, 0.6) is 0 Å². The molecule has 0 spiro atoms. The molecule has 0 N–H and O–H groups in total. The smallest absolute Gasteiger partial charge is 0.0872 e. The molecular weight excluding hydrogens is 154 g/mol. The van der Waals surface area contributed by atoms with Gasteiger partial charge >= 0.3 is 0 Å². The minimum Gasteiger partial charge on any atom is -0.330 e. The number of hydrogen-bond acceptors (Lipinski definition) is 1. The lowest BCUT2D eigenvalue weighted by Gasteiger charge is -2.23. The van der Waals surface area contributed by atoms with E-state index < -0.39 is 0 Å². The molecule has 0 aromatic heterocycles. The van der Waals surface area contributed by atoms with Crippen LogP contribution in [-0.4, -0.2) is 43.7 Å². The summed E-state index contributed by atoms with van der Waals surface area (Å²) in [4.78, 5) is 0. The zero-order valence-electron chi connectivity index (χ0n) is 8.55. The average Bonchev–Trinajstić information content (AvgIpc) is 1.78. The zero-order chi connectivity index (χ0) is 8.91. The molecule has 2 heteroatoms. The van der Waals surface area contributed by atoms with Crippen molar-refractivity contribution in [1.29, 1.82) is 0 Å². The highest BCUT2D eigenvalue weighted by atomic mass is 32.2. The maximum atomic E-state index is 2.28. The standard InChI is InChI=1S/C9H22NS/c1-9(2)8-11-7-6-10(3,4)5/h9H,6-8H2,1-5H3/q+1. The fourth-order valence-corrected chi connectivity index (χ4v) is 1.97. The lowest BCUT2D eigenvalue weighted by atomic mass is 10.3. The van der Waals surface area contributed by atoms with E-state index in [9.17, 15) is 0 Å². The normalized spacial score (nSPS) is 12.5. The monoisotopic (exact) mass is 176 g/mol. The summed E-state index contributed by atoms with van der Waals surface area (Å²) < 4.78 is 1.09. The second-order valence-electron chi connectivity index (χ2n) is 4.48. The van der Waals surface area contributed by atoms with Crippen molar-refractivity contribution in [2.24, 2.45) is 5.92 Å². The van der Waals surface area contributed by atoms with E-state index in [1.165, 1.54) is 18.1 Å². The van der Waals surface area contributed by atoms with Gasteiger partial charge in [0.15, 0.2) is 0 Å². The van der Waals surface area contributed by atoms with Gasteiger partial charge in [0.1, 0.15) is 0 Å². The van der Waals surface area contributed by atoms with Gasteiger partial charge in [0.25, 0.3) is 0 Å². The summed E-state index contributed by atoms with van der Waals surface area (Å²) in [5, 5.41) is 0. The van der Waals surface area contributed by atoms with Crippen molar-refractivity contribution in [2.75, 3.05) is 39.2 Å². The first-order chi connectivity index (χ1) is 4.92. The van der Waals surface area contributed by atoms with Crippen LogP contribution >= 0.6 is 11.8 Å². The molecule has 0 aliphatic heterocycles. The highest BCUT2D eigenvalue weighted by Gasteiger charge is 2.05. The maximum Gasteiger partial charge on any atom is 0.0872 e. The van der Waals surface area contributed by atoms with Crippen molar-refractivity contribution in [3.8, 4) is 0 Å². The third-order valence-corrected chi connectivity index (χ3v) is 2.73. The van der Waals surface area contributed by atoms with E-state index in [-0.39, 0.29) is 0 Å². The molecule has 0 saturated carbocycles. The molecule has 1 nitrogen and oxygen atoms in total. The Kier molecular flexibility index (Phi) is 5.19. The van der Waals surface area contributed by atoms with Crippen LogP contribution in [0.25, 0.3) is 0 Å². The van der Waals surface area contributed by atoms with Gasteiger partial charge in [0.2, 0.25) is 0 Å². The number of thioether (sulfide) groups is 1. The van der Waals surface area contributed by atoms with Gasteiger partial charge in [0.05, 0.1) is 27.7 Å². The van der Waals surface area contributed by atoms with Crippen LogP contribution in [0.15, 0.2) is 0 Å². The van der Waals surface area contributed by atoms with Gasteiger partial charge in [-0.2, -0.15) is 11.8 Å². The second kappa shape index (κ2) is 5.04. The minimum absolute atomic E-state index is 0.840. The van der Waals surface area contributed by atoms with Gasteiger partial charge in [0, 0.05) is 5.75 Å². The molecule has 0 aromatic carbocycles. The molecule has 0 aliphatic carbocycles. The summed E-state index contributed by atoms with van der Waals surface area (Å²) in [6.45, 7) is 5.83. The second-order valence-corrected chi connectivity index (χ2v) is 5.63. The number of hydrogen-bond donors (Lipinski definition) is 0. The predicted molar refractivity (Wildman–Crippen MR) is 55.1 cm³/mol. The Morgan fingerprint density at radius 3 is 2.09 bits per heavy atom. The molecule has 68 valence electrons. The maximum absolute atomic E-state index is 2.28. The van der Waals surface area contributed by atoms with Gasteiger partial charge < -0.3 is 4.48 Å². The van der Waals surface area contributed by atoms with Crippen LogP contribution in [0.1, 0.15) is 13.8 Å². The summed E-state index contributed by atoms with van der Waals surface area (Å²) in [7, 11) is 6.74. The van der Waals surface area contributed by atoms with Crippen molar-refractivity contribution in [3.63, 3.8) is 0 Å². The van der Waals surface area contributed by atoms with E-state index in [0.29, 0.717) is 0 Å². The largest absolute Gasteiger partial charge is 0.330 e. The summed E-state index contributed by atoms with van der Waals surface area (Å²) in [5.41, 5.74) is 0. The summed E-state index contributed by atoms with van der Waals surface area (Å²) >= 11 is 2.07. The third-order valence-electron chi connectivity index (χ3n) is 1.36. The molecule has 0 heterocycles. The van der Waals surface area contributed by atoms with E-state index >= 15 is 0 Å². The summed E-state index contributed by atoms with van der Waals surface area (Å²) in [6.07, 6.45) is 0. The Morgan fingerprint density at radius 2 is 1.73 bits per heavy atom. The molecule has 0 amide bonds. The van der Waals surface area contributed by atoms with Crippen LogP contribution in [0, 0.1) is 5.92 Å². The van der Waals surface area contributed by atoms with Crippen molar-refractivity contribution >= 4 is 11.8 Å². The van der Waals surface area contributed by atoms with Crippen LogP contribution in [-0.2, 0) is 0 Å². The molecule has 0 rings (SSSR count). The highest BCUT2D eigenvalue weighted by Crippen LogP contribution is 2.07. The van der Waals surface area contributed by atoms with Crippen molar-refractivity contribution in [3.05, 3.63) is 0 Å². The molecule has 0 bridgehead atoms. The van der Waals surface area contributed by atoms with Crippen LogP contribution in [0.4, 0.5) is 0 Å². The fraction of sp³-hybridized carbons (Fsp3) is 1.00. The highest BCUT2D eigenvalue weighted by molar-refractivity contribution is 7.99. The van der Waals surface area contributed by atoms with Crippen LogP contribution in [0.3, 0.4) is 0 Å². The topological polar surface area (TPSA) is 0 Å². The fourth-order valence-electron chi connectivity index (χ4n) is 0.657. The van der Waals surface area contributed by atoms with Crippen molar-refractivity contribution < 1.29 is 4.48 Å². The first-order valence-corrected chi connectivity index (χ1v) is 5.45. The van der Waals surface area contributed by atoms with Crippen LogP contribution < -0.4 is 0 Å². The zero-order valence-corrected chi connectivity index (χ0v) is 9.37. The lowest BCUT2D eigenvalue weighted by Crippen LogP contribution is -2.36. The Labute approximate surface area is 75.8 Å². The summed E-state index contributed by atoms with van der Waals surface area (Å²) in [6, 6.07) is 0. The van der Waals surface area contributed by atoms with Crippen molar-refractivity contribution in [1.82, 2.24) is 0 Å². The molecule has 0 aromatic rings. The minimum atomic E-state index is 0.840. The SMILES string of the molecule is CC(C)CSCC[N+](C)(C)C. The third kappa shape index (κ3) is 10.3. The van der Waals surface area contributed by atoms with Gasteiger partial charge in [-0.3, -0.25) is 0 Å². The van der Waals surface area contributed by atoms with E-state index in [1.54, 1.807) is 0 Å². The first kappa shape index (κ1) is 11.3. The van der Waals surface area contributed by atoms with Gasteiger partial charge in [-0.1, -0.05) is 13.8 Å². The van der Waals surface area contributed by atoms with Crippen molar-refractivity contribution in [2.45, 2.75) is 13.8 Å². The number of rotatable bonds is 5. The quantitative estimate of drug-likeness (QED) is 0.456. The molecule has 0 atom stereocenters. The molecule has 0 saturated heterocycles. The molecule has 0 radical (unpaired) electrons. The predicted octanol–water partition coefficient (Wildman–Crippen LogP) is 2.08. The number of quaternary nitrogens is 1. The van der Waals surface area contributed by atoms with E-state index in [4.69, 9.17) is 0 Å². The van der Waals surface area contributed by atoms with Gasteiger partial charge in [-0.15, -0.1) is 0 Å². The molecule has 11 heavy (non-hydrogen) atoms. The summed E-state index contributed by atoms with van der Waals surface area (Å²) in [5.74, 6) is 3.44. The van der Waals surface area contributed by atoms with Gasteiger partial charge in [-0.25, -0.2) is 0 Å². The average molecular weight is 176 g/mol. The molecule has 0 unspecified atom stereocenters. The van der Waals surface area contributed by atoms with Crippen LogP contribution in [0.2, 0.25) is 0 Å². The molecule has 0 aliphatic rings. The van der Waals surface area contributed by atoms with E-state index in [1.807, 2.05) is 0 Å². The molecule has 0 fully saturated rings. The number of nitrogens with zero attached hydrogens (tertiary/aromatic N) is 1. The lowest BCUT2D eigenvalue weighted by molar-refractivity contribution is -0.867. The Morgan fingerprint density at radius 1 is 1.18 bits per heavy atom. The Balaban J connectivity index is 3.15. The first-order valence-electron chi connectivity index (χ1n) is 4.30. The Bertz CT molecular complexity index is 94.2. The Hall–Kier alpha value is 0.310. The molecular formula is C9H22NS+. The van der Waals surface area contributed by atoms with E-state index in [2.05, 4.69) is 46.8 Å². The van der Waals surface area contributed by atoms with Gasteiger partial charge in [-0.05, 0) is 11.7 Å².